The van der Waals surface area contributed by atoms with Gasteiger partial charge in [-0.05, 0) is 46.6 Å². The largest absolute Gasteiger partial charge is 1.00 e. The van der Waals surface area contributed by atoms with E-state index in [1.54, 1.807) is 18.4 Å². The summed E-state index contributed by atoms with van der Waals surface area (Å²) in [4.78, 5) is 36.5. The molecule has 2 aromatic rings. The number of halogens is 1. The fraction of sp³-hybridized carbons (Fsp3) is 0.556. The van der Waals surface area contributed by atoms with Crippen LogP contribution in [0.1, 0.15) is 64.8 Å². The summed E-state index contributed by atoms with van der Waals surface area (Å²) < 4.78 is 20.5. The zero-order valence-corrected chi connectivity index (χ0v) is 25.2. The highest BCUT2D eigenvalue weighted by molar-refractivity contribution is 5.72. The Labute approximate surface area is 241 Å². The van der Waals surface area contributed by atoms with E-state index in [-0.39, 0.29) is 67.9 Å². The summed E-state index contributed by atoms with van der Waals surface area (Å²) >= 11 is 0. The highest BCUT2D eigenvalue weighted by Crippen LogP contribution is 2.36. The van der Waals surface area contributed by atoms with Crippen LogP contribution < -0.4 is 39.2 Å². The van der Waals surface area contributed by atoms with Gasteiger partial charge < -0.3 is 53.4 Å². The van der Waals surface area contributed by atoms with Crippen LogP contribution in [0, 0.1) is 5.92 Å². The standard InChI is InChI=1S/C27H38N4O6.HI/c1-17(2)25(32)37-16-30-11-7-9-20(13-30)24-22(15-36-27(34)29-19(5)6)21(23-10-8-12-31(23)24)14-35-26(33)28-18(3)4;/h7,9,11,13,17-19H,8,10,12,14-16H2,1-6H3,(H-,28,29,33,34);1H. The lowest BCUT2D eigenvalue weighted by atomic mass is 10.0. The van der Waals surface area contributed by atoms with Crippen LogP contribution in [0.5, 0.6) is 0 Å². The number of carbonyl (C=O) groups is 3. The minimum atomic E-state index is -0.513. The second-order valence-electron chi connectivity index (χ2n) is 10.1. The highest BCUT2D eigenvalue weighted by atomic mass is 127. The van der Waals surface area contributed by atoms with Gasteiger partial charge in [0.15, 0.2) is 12.4 Å². The van der Waals surface area contributed by atoms with Crippen LogP contribution in [-0.2, 0) is 51.9 Å². The quantitative estimate of drug-likeness (QED) is 0.172. The maximum absolute atomic E-state index is 12.3. The number of fused-ring (bicyclic) bond motifs is 1. The van der Waals surface area contributed by atoms with Crippen molar-refractivity contribution in [3.05, 3.63) is 41.3 Å². The van der Waals surface area contributed by atoms with Crippen molar-refractivity contribution in [2.24, 2.45) is 5.92 Å². The summed E-state index contributed by atoms with van der Waals surface area (Å²) in [6.45, 7) is 12.0. The maximum Gasteiger partial charge on any atom is 0.407 e. The normalized spacial score (nSPS) is 12.2. The van der Waals surface area contributed by atoms with E-state index in [0.29, 0.717) is 0 Å². The number of hydrogen-bond donors (Lipinski definition) is 2. The van der Waals surface area contributed by atoms with E-state index < -0.39 is 12.2 Å². The third kappa shape index (κ3) is 8.34. The molecule has 2 aromatic heterocycles. The second-order valence-corrected chi connectivity index (χ2v) is 10.1. The fourth-order valence-corrected chi connectivity index (χ4v) is 4.25. The Kier molecular flexibility index (Phi) is 11.9. The van der Waals surface area contributed by atoms with Crippen LogP contribution in [0.25, 0.3) is 11.3 Å². The van der Waals surface area contributed by atoms with Gasteiger partial charge in [-0.1, -0.05) is 13.8 Å². The van der Waals surface area contributed by atoms with Crippen molar-refractivity contribution in [2.45, 2.75) is 93.0 Å². The van der Waals surface area contributed by atoms with Crippen LogP contribution in [0.3, 0.4) is 0 Å². The smallest absolute Gasteiger partial charge is 0.407 e. The Balaban J connectivity index is 0.00000507. The summed E-state index contributed by atoms with van der Waals surface area (Å²) in [5.74, 6) is -0.486. The maximum atomic E-state index is 12.3. The molecule has 0 radical (unpaired) electrons. The number of esters is 1. The SMILES string of the molecule is CC(C)NC(=O)OCc1c(COC(=O)NC(C)C)c(-c2ccc[n+](COC(=O)C(C)C)c2)n2c1CCC2.[I-]. The van der Waals surface area contributed by atoms with E-state index in [4.69, 9.17) is 14.2 Å². The number of aromatic nitrogens is 2. The number of nitrogens with zero attached hydrogens (tertiary/aromatic N) is 2. The molecule has 1 aliphatic rings. The molecule has 0 saturated carbocycles. The zero-order valence-electron chi connectivity index (χ0n) is 23.0. The van der Waals surface area contributed by atoms with Crippen LogP contribution in [-0.4, -0.2) is 34.8 Å². The number of rotatable bonds is 10. The zero-order chi connectivity index (χ0) is 27.1. The van der Waals surface area contributed by atoms with Gasteiger partial charge in [-0.3, -0.25) is 4.79 Å². The van der Waals surface area contributed by atoms with Crippen LogP contribution >= 0.6 is 0 Å². The predicted molar refractivity (Wildman–Crippen MR) is 136 cm³/mol. The van der Waals surface area contributed by atoms with Crippen LogP contribution in [0.2, 0.25) is 0 Å². The lowest BCUT2D eigenvalue weighted by molar-refractivity contribution is -0.727. The summed E-state index contributed by atoms with van der Waals surface area (Å²) in [6, 6.07) is 3.75. The molecule has 2 amide bonds. The van der Waals surface area contributed by atoms with E-state index >= 15 is 0 Å². The summed E-state index contributed by atoms with van der Waals surface area (Å²) in [5.41, 5.74) is 4.49. The molecule has 0 fully saturated rings. The lowest BCUT2D eigenvalue weighted by Gasteiger charge is -2.14. The Bertz CT molecular complexity index is 1130. The first-order chi connectivity index (χ1) is 17.6. The minimum absolute atomic E-state index is 0. The highest BCUT2D eigenvalue weighted by Gasteiger charge is 2.29. The number of hydrogen-bond acceptors (Lipinski definition) is 6. The average Bonchev–Trinajstić information content (AvgIpc) is 3.39. The van der Waals surface area contributed by atoms with Crippen molar-refractivity contribution in [3.8, 4) is 11.3 Å². The molecule has 0 bridgehead atoms. The van der Waals surface area contributed by atoms with Crippen molar-refractivity contribution in [1.29, 1.82) is 0 Å². The number of ether oxygens (including phenoxy) is 3. The van der Waals surface area contributed by atoms with E-state index in [9.17, 15) is 14.4 Å². The molecule has 210 valence electrons. The molecule has 0 aliphatic carbocycles. The van der Waals surface area contributed by atoms with E-state index in [0.717, 1.165) is 47.5 Å². The summed E-state index contributed by atoms with van der Waals surface area (Å²) in [7, 11) is 0. The molecule has 1 aliphatic heterocycles. The van der Waals surface area contributed by atoms with Crippen molar-refractivity contribution in [1.82, 2.24) is 15.2 Å². The van der Waals surface area contributed by atoms with Crippen LogP contribution in [0.15, 0.2) is 24.5 Å². The third-order valence-corrected chi connectivity index (χ3v) is 5.86. The first-order valence-electron chi connectivity index (χ1n) is 12.8. The van der Waals surface area contributed by atoms with Gasteiger partial charge in [0.25, 0.3) is 6.73 Å². The number of amides is 2. The topological polar surface area (TPSA) is 112 Å². The van der Waals surface area contributed by atoms with Gasteiger partial charge in [0.05, 0.1) is 17.2 Å². The summed E-state index contributed by atoms with van der Waals surface area (Å²) in [5, 5.41) is 5.48. The second kappa shape index (κ2) is 14.4. The van der Waals surface area contributed by atoms with Gasteiger partial charge in [0, 0.05) is 41.5 Å². The van der Waals surface area contributed by atoms with Gasteiger partial charge in [-0.25, -0.2) is 9.59 Å². The van der Waals surface area contributed by atoms with Crippen molar-refractivity contribution >= 4 is 18.2 Å². The Morgan fingerprint density at radius 3 is 2.13 bits per heavy atom. The molecule has 0 saturated heterocycles. The Morgan fingerprint density at radius 1 is 0.947 bits per heavy atom. The molecule has 0 atom stereocenters. The van der Waals surface area contributed by atoms with Gasteiger partial charge in [-0.2, -0.15) is 4.57 Å². The number of pyridine rings is 1. The molecule has 0 unspecified atom stereocenters. The van der Waals surface area contributed by atoms with E-state index in [1.807, 2.05) is 52.2 Å². The predicted octanol–water partition coefficient (Wildman–Crippen LogP) is 0.819. The van der Waals surface area contributed by atoms with Gasteiger partial charge >= 0.3 is 18.2 Å². The molecular formula is C27H39IN4O6. The molecule has 3 rings (SSSR count). The minimum Gasteiger partial charge on any atom is -1.00 e. The monoisotopic (exact) mass is 642 g/mol. The molecule has 3 heterocycles. The molecule has 10 nitrogen and oxygen atoms in total. The third-order valence-electron chi connectivity index (χ3n) is 5.86. The first-order valence-corrected chi connectivity index (χ1v) is 12.8. The van der Waals surface area contributed by atoms with Crippen molar-refractivity contribution in [2.75, 3.05) is 0 Å². The van der Waals surface area contributed by atoms with E-state index in [2.05, 4.69) is 15.2 Å². The average molecular weight is 643 g/mol. The van der Waals surface area contributed by atoms with Crippen molar-refractivity contribution < 1.29 is 57.1 Å². The lowest BCUT2D eigenvalue weighted by Crippen LogP contribution is -3.00. The van der Waals surface area contributed by atoms with Gasteiger partial charge in [0.1, 0.15) is 13.2 Å². The van der Waals surface area contributed by atoms with E-state index in [1.165, 1.54) is 0 Å². The molecule has 11 heteroatoms. The molecule has 38 heavy (non-hydrogen) atoms. The Hall–Kier alpha value is -2.83. The fourth-order valence-electron chi connectivity index (χ4n) is 4.25. The molecular weight excluding hydrogens is 603 g/mol. The number of nitrogens with one attached hydrogen (secondary N) is 2. The van der Waals surface area contributed by atoms with Crippen LogP contribution in [0.4, 0.5) is 9.59 Å². The van der Waals surface area contributed by atoms with Gasteiger partial charge in [-0.15, -0.1) is 0 Å². The first kappa shape index (κ1) is 31.4. The number of carbonyl (C=O) groups excluding carboxylic acids is 3. The van der Waals surface area contributed by atoms with Crippen molar-refractivity contribution in [3.63, 3.8) is 0 Å². The molecule has 0 spiro atoms. The summed E-state index contributed by atoms with van der Waals surface area (Å²) in [6.07, 6.45) is 4.51. The Morgan fingerprint density at radius 2 is 1.55 bits per heavy atom. The van der Waals surface area contributed by atoms with Gasteiger partial charge in [0.2, 0.25) is 0 Å². The molecule has 2 N–H and O–H groups in total. The number of alkyl carbamates (subject to hydrolysis) is 2. The molecule has 0 aromatic carbocycles.